The molecule has 0 fully saturated rings. The second-order valence-corrected chi connectivity index (χ2v) is 6.84. The number of nitrogens with one attached hydrogen (secondary N) is 1. The third-order valence-corrected chi connectivity index (χ3v) is 5.57. The number of carbonyl (C=O) groups is 2. The van der Waals surface area contributed by atoms with Crippen molar-refractivity contribution >= 4 is 23.5 Å². The minimum absolute atomic E-state index is 0.0853. The number of ketones is 1. The van der Waals surface area contributed by atoms with E-state index in [1.165, 1.54) is 0 Å². The number of likely N-dealkylation sites (N-methyl/N-ethyl adjacent to an activating group) is 2. The number of carbonyl (C=O) groups excluding carboxylic acids is 2. The van der Waals surface area contributed by atoms with E-state index in [0.29, 0.717) is 24.9 Å². The summed E-state index contributed by atoms with van der Waals surface area (Å²) < 4.78 is 0. The van der Waals surface area contributed by atoms with Crippen molar-refractivity contribution in [3.8, 4) is 0 Å². The quantitative estimate of drug-likeness (QED) is 0.771. The van der Waals surface area contributed by atoms with Crippen LogP contribution in [0.15, 0.2) is 22.8 Å². The second kappa shape index (κ2) is 7.83. The van der Waals surface area contributed by atoms with Crippen LogP contribution in [0.5, 0.6) is 0 Å². The van der Waals surface area contributed by atoms with E-state index in [0.717, 1.165) is 30.1 Å². The van der Waals surface area contributed by atoms with Gasteiger partial charge >= 0.3 is 0 Å². The molecular formula is C16H25N3O2S. The summed E-state index contributed by atoms with van der Waals surface area (Å²) in [4.78, 5) is 28.8. The Morgan fingerprint density at radius 2 is 2.14 bits per heavy atom. The van der Waals surface area contributed by atoms with E-state index >= 15 is 0 Å². The Balaban J connectivity index is 1.74. The highest BCUT2D eigenvalue weighted by Gasteiger charge is 2.30. The molecule has 1 heterocycles. The Bertz CT molecular complexity index is 498. The molecule has 0 spiro atoms. The predicted octanol–water partition coefficient (Wildman–Crippen LogP) is 1.58. The maximum absolute atomic E-state index is 11.9. The fraction of sp³-hybridized carbons (Fsp3) is 0.625. The first-order valence-electron chi connectivity index (χ1n) is 7.87. The smallest absolute Gasteiger partial charge is 0.234 e. The van der Waals surface area contributed by atoms with Crippen LogP contribution in [0.25, 0.3) is 0 Å². The third kappa shape index (κ3) is 4.14. The highest BCUT2D eigenvalue weighted by atomic mass is 32.2. The van der Waals surface area contributed by atoms with Crippen LogP contribution in [0.1, 0.15) is 26.7 Å². The molecular weight excluding hydrogens is 298 g/mol. The van der Waals surface area contributed by atoms with Crippen molar-refractivity contribution in [3.05, 3.63) is 22.8 Å². The lowest BCUT2D eigenvalue weighted by Crippen LogP contribution is -2.38. The summed E-state index contributed by atoms with van der Waals surface area (Å²) in [5.41, 5.74) is 1.16. The number of rotatable bonds is 7. The number of hydrogen-bond acceptors (Lipinski definition) is 5. The number of hydrogen-bond donors (Lipinski definition) is 1. The fourth-order valence-corrected chi connectivity index (χ4v) is 4.08. The Hall–Kier alpha value is -1.27. The molecule has 1 N–H and O–H groups in total. The maximum atomic E-state index is 11.9. The Morgan fingerprint density at radius 1 is 1.41 bits per heavy atom. The molecule has 122 valence electrons. The number of amides is 1. The Labute approximate surface area is 136 Å². The summed E-state index contributed by atoms with van der Waals surface area (Å²) in [5.74, 6) is 0.259. The predicted molar refractivity (Wildman–Crippen MR) is 90.3 cm³/mol. The summed E-state index contributed by atoms with van der Waals surface area (Å²) in [6.07, 6.45) is 4.96. The number of nitrogens with zero attached hydrogens (tertiary/aromatic N) is 2. The average Bonchev–Trinajstić information content (AvgIpc) is 2.80. The molecule has 1 amide bonds. The van der Waals surface area contributed by atoms with Gasteiger partial charge in [-0.1, -0.05) is 13.8 Å². The molecule has 0 saturated heterocycles. The van der Waals surface area contributed by atoms with Gasteiger partial charge in [-0.15, -0.1) is 11.8 Å². The third-order valence-electron chi connectivity index (χ3n) is 4.11. The van der Waals surface area contributed by atoms with Crippen LogP contribution < -0.4 is 5.32 Å². The van der Waals surface area contributed by atoms with Crippen molar-refractivity contribution in [2.24, 2.45) is 0 Å². The molecule has 1 atom stereocenters. The monoisotopic (exact) mass is 323 g/mol. The molecule has 0 aromatic rings. The van der Waals surface area contributed by atoms with Crippen molar-refractivity contribution in [3.63, 3.8) is 0 Å². The minimum Gasteiger partial charge on any atom is -0.362 e. The zero-order chi connectivity index (χ0) is 16.1. The van der Waals surface area contributed by atoms with Gasteiger partial charge in [-0.3, -0.25) is 14.5 Å². The molecule has 2 aliphatic rings. The van der Waals surface area contributed by atoms with Crippen LogP contribution in [0.4, 0.5) is 0 Å². The van der Waals surface area contributed by atoms with Crippen molar-refractivity contribution in [1.82, 2.24) is 15.1 Å². The largest absolute Gasteiger partial charge is 0.362 e. The van der Waals surface area contributed by atoms with Crippen LogP contribution in [0, 0.1) is 0 Å². The molecule has 0 saturated carbocycles. The van der Waals surface area contributed by atoms with Gasteiger partial charge in [-0.2, -0.15) is 0 Å². The highest BCUT2D eigenvalue weighted by molar-refractivity contribution is 8.03. The summed E-state index contributed by atoms with van der Waals surface area (Å²) >= 11 is 1.75. The SMILES string of the molecule is CCN(CC)CC(=O)NCCC1SC2=C(C=CC(=O)C2)N1C. The first-order chi connectivity index (χ1) is 10.5. The van der Waals surface area contributed by atoms with Crippen molar-refractivity contribution in [2.45, 2.75) is 32.1 Å². The van der Waals surface area contributed by atoms with E-state index in [9.17, 15) is 9.59 Å². The molecule has 0 bridgehead atoms. The standard InChI is InChI=1S/C16H25N3O2S/c1-4-19(5-2)11-15(21)17-9-8-16-18(3)13-7-6-12(20)10-14(13)22-16/h6-7,16H,4-5,8-11H2,1-3H3,(H,17,21). The molecule has 6 heteroatoms. The van der Waals surface area contributed by atoms with E-state index in [1.54, 1.807) is 17.8 Å². The van der Waals surface area contributed by atoms with Crippen molar-refractivity contribution in [1.29, 1.82) is 0 Å². The number of allylic oxidation sites excluding steroid dienone is 3. The summed E-state index contributed by atoms with van der Waals surface area (Å²) in [6, 6.07) is 0. The Kier molecular flexibility index (Phi) is 6.08. The molecule has 1 aliphatic carbocycles. The molecule has 5 nitrogen and oxygen atoms in total. The van der Waals surface area contributed by atoms with Crippen LogP contribution >= 0.6 is 11.8 Å². The van der Waals surface area contributed by atoms with Gasteiger partial charge in [-0.05, 0) is 31.7 Å². The summed E-state index contributed by atoms with van der Waals surface area (Å²) in [5, 5.41) is 3.30. The van der Waals surface area contributed by atoms with Crippen LogP contribution in [-0.2, 0) is 9.59 Å². The normalized spacial score (nSPS) is 20.8. The van der Waals surface area contributed by atoms with Crippen LogP contribution in [-0.4, -0.2) is 60.1 Å². The Morgan fingerprint density at radius 3 is 2.82 bits per heavy atom. The van der Waals surface area contributed by atoms with E-state index in [-0.39, 0.29) is 11.7 Å². The summed E-state index contributed by atoms with van der Waals surface area (Å²) in [7, 11) is 2.05. The maximum Gasteiger partial charge on any atom is 0.234 e. The molecule has 0 radical (unpaired) electrons. The van der Waals surface area contributed by atoms with Crippen molar-refractivity contribution in [2.75, 3.05) is 33.2 Å². The van der Waals surface area contributed by atoms with Gasteiger partial charge in [0, 0.05) is 30.6 Å². The van der Waals surface area contributed by atoms with Gasteiger partial charge in [0.2, 0.25) is 5.91 Å². The van der Waals surface area contributed by atoms with E-state index in [4.69, 9.17) is 0 Å². The topological polar surface area (TPSA) is 52.7 Å². The van der Waals surface area contributed by atoms with Gasteiger partial charge in [0.05, 0.1) is 11.9 Å². The molecule has 0 aromatic carbocycles. The van der Waals surface area contributed by atoms with Crippen LogP contribution in [0.2, 0.25) is 0 Å². The molecule has 1 aliphatic heterocycles. The average molecular weight is 323 g/mol. The van der Waals surface area contributed by atoms with Gasteiger partial charge in [0.15, 0.2) is 5.78 Å². The first kappa shape index (κ1) is 17.1. The van der Waals surface area contributed by atoms with Gasteiger partial charge < -0.3 is 10.2 Å². The lowest BCUT2D eigenvalue weighted by Gasteiger charge is -2.23. The number of thioether (sulfide) groups is 1. The van der Waals surface area contributed by atoms with E-state index in [2.05, 4.69) is 36.0 Å². The van der Waals surface area contributed by atoms with E-state index in [1.807, 2.05) is 6.08 Å². The van der Waals surface area contributed by atoms with Gasteiger partial charge in [-0.25, -0.2) is 0 Å². The minimum atomic E-state index is 0.0853. The molecule has 2 rings (SSSR count). The van der Waals surface area contributed by atoms with Gasteiger partial charge in [0.1, 0.15) is 0 Å². The lowest BCUT2D eigenvalue weighted by atomic mass is 10.1. The zero-order valence-corrected chi connectivity index (χ0v) is 14.4. The second-order valence-electron chi connectivity index (χ2n) is 5.57. The lowest BCUT2D eigenvalue weighted by molar-refractivity contribution is -0.122. The molecule has 0 aromatic heterocycles. The van der Waals surface area contributed by atoms with E-state index < -0.39 is 0 Å². The van der Waals surface area contributed by atoms with Gasteiger partial charge in [0.25, 0.3) is 0 Å². The molecule has 22 heavy (non-hydrogen) atoms. The first-order valence-corrected chi connectivity index (χ1v) is 8.75. The van der Waals surface area contributed by atoms with Crippen molar-refractivity contribution < 1.29 is 9.59 Å². The van der Waals surface area contributed by atoms with Crippen LogP contribution in [0.3, 0.4) is 0 Å². The fourth-order valence-electron chi connectivity index (χ4n) is 2.68. The highest BCUT2D eigenvalue weighted by Crippen LogP contribution is 2.42. The zero-order valence-electron chi connectivity index (χ0n) is 13.6. The summed E-state index contributed by atoms with van der Waals surface area (Å²) in [6.45, 7) is 7.04. The molecule has 1 unspecified atom stereocenters.